The van der Waals surface area contributed by atoms with Crippen molar-refractivity contribution in [3.63, 3.8) is 0 Å². The molecule has 0 amide bonds. The van der Waals surface area contributed by atoms with Crippen LogP contribution >= 0.6 is 0 Å². The summed E-state index contributed by atoms with van der Waals surface area (Å²) in [7, 11) is 0. The number of benzene rings is 1. The first-order valence-electron chi connectivity index (χ1n) is 11.5. The van der Waals surface area contributed by atoms with Crippen LogP contribution in [0, 0.1) is 0 Å². The van der Waals surface area contributed by atoms with E-state index in [-0.39, 0.29) is 5.97 Å². The number of unbranched alkanes of at least 4 members (excludes halogenated alkanes) is 8. The number of esters is 1. The number of allylic oxidation sites excluding steroid dienone is 4. The second-order valence-corrected chi connectivity index (χ2v) is 7.36. The standard InChI is InChI=1S/C26H40O3/c1-2-3-4-5-6-7-8-9-10-11-12-13-14-15-19-22-26(27)29-24-23-28-25-20-17-16-18-21-25/h6-7,9-10,16-18,20-21H,2-5,8,11-15,19,22-24H2,1H3. The number of hydrogen-bond acceptors (Lipinski definition) is 3. The molecule has 1 aromatic carbocycles. The molecule has 0 heterocycles. The summed E-state index contributed by atoms with van der Waals surface area (Å²) >= 11 is 0. The Hall–Kier alpha value is -2.03. The van der Waals surface area contributed by atoms with Crippen molar-refractivity contribution >= 4 is 5.97 Å². The largest absolute Gasteiger partial charge is 0.490 e. The van der Waals surface area contributed by atoms with E-state index in [0.717, 1.165) is 31.4 Å². The minimum absolute atomic E-state index is 0.118. The van der Waals surface area contributed by atoms with E-state index in [4.69, 9.17) is 9.47 Å². The first-order valence-corrected chi connectivity index (χ1v) is 11.5. The molecule has 0 unspecified atom stereocenters. The number of ether oxygens (including phenoxy) is 2. The lowest BCUT2D eigenvalue weighted by atomic mass is 10.1. The molecule has 0 aliphatic rings. The maximum Gasteiger partial charge on any atom is 0.305 e. The zero-order chi connectivity index (χ0) is 20.8. The third-order valence-corrected chi connectivity index (χ3v) is 4.69. The Morgan fingerprint density at radius 1 is 0.793 bits per heavy atom. The summed E-state index contributed by atoms with van der Waals surface area (Å²) in [6.07, 6.45) is 22.7. The number of para-hydroxylation sites is 1. The number of carbonyl (C=O) groups excluding carboxylic acids is 1. The van der Waals surface area contributed by atoms with E-state index in [9.17, 15) is 4.79 Å². The van der Waals surface area contributed by atoms with Gasteiger partial charge in [0, 0.05) is 6.42 Å². The van der Waals surface area contributed by atoms with Gasteiger partial charge in [0.15, 0.2) is 0 Å². The zero-order valence-electron chi connectivity index (χ0n) is 18.3. The highest BCUT2D eigenvalue weighted by Gasteiger charge is 2.02. The van der Waals surface area contributed by atoms with Crippen LogP contribution in [0.2, 0.25) is 0 Å². The summed E-state index contributed by atoms with van der Waals surface area (Å²) in [6, 6.07) is 9.57. The van der Waals surface area contributed by atoms with Crippen molar-refractivity contribution < 1.29 is 14.3 Å². The van der Waals surface area contributed by atoms with Crippen molar-refractivity contribution in [1.29, 1.82) is 0 Å². The predicted molar refractivity (Wildman–Crippen MR) is 122 cm³/mol. The first-order chi connectivity index (χ1) is 14.3. The Labute approximate surface area is 178 Å². The summed E-state index contributed by atoms with van der Waals surface area (Å²) in [5.41, 5.74) is 0. The molecule has 29 heavy (non-hydrogen) atoms. The average Bonchev–Trinajstić information content (AvgIpc) is 2.75. The van der Waals surface area contributed by atoms with Gasteiger partial charge in [0.25, 0.3) is 0 Å². The van der Waals surface area contributed by atoms with Gasteiger partial charge in [-0.3, -0.25) is 4.79 Å². The van der Waals surface area contributed by atoms with E-state index in [0.29, 0.717) is 19.6 Å². The Morgan fingerprint density at radius 3 is 2.17 bits per heavy atom. The first kappa shape index (κ1) is 25.0. The summed E-state index contributed by atoms with van der Waals surface area (Å²) in [6.45, 7) is 2.96. The van der Waals surface area contributed by atoms with Gasteiger partial charge in [0.05, 0.1) is 0 Å². The topological polar surface area (TPSA) is 35.5 Å². The monoisotopic (exact) mass is 400 g/mol. The van der Waals surface area contributed by atoms with Crippen molar-refractivity contribution in [2.45, 2.75) is 84.0 Å². The summed E-state index contributed by atoms with van der Waals surface area (Å²) < 4.78 is 10.7. The van der Waals surface area contributed by atoms with Crippen molar-refractivity contribution in [2.75, 3.05) is 13.2 Å². The van der Waals surface area contributed by atoms with Crippen LogP contribution in [0.4, 0.5) is 0 Å². The van der Waals surface area contributed by atoms with Crippen molar-refractivity contribution in [3.05, 3.63) is 54.6 Å². The highest BCUT2D eigenvalue weighted by atomic mass is 16.6. The Bertz CT molecular complexity index is 548. The van der Waals surface area contributed by atoms with Gasteiger partial charge in [-0.15, -0.1) is 0 Å². The van der Waals surface area contributed by atoms with Crippen LogP contribution in [0.15, 0.2) is 54.6 Å². The quantitative estimate of drug-likeness (QED) is 0.146. The summed E-state index contributed by atoms with van der Waals surface area (Å²) in [4.78, 5) is 11.7. The minimum Gasteiger partial charge on any atom is -0.490 e. The molecule has 0 saturated heterocycles. The fourth-order valence-corrected chi connectivity index (χ4v) is 2.98. The molecule has 0 fully saturated rings. The molecule has 0 aliphatic carbocycles. The molecule has 162 valence electrons. The summed E-state index contributed by atoms with van der Waals surface area (Å²) in [5, 5.41) is 0. The predicted octanol–water partition coefficient (Wildman–Crippen LogP) is 7.42. The number of hydrogen-bond donors (Lipinski definition) is 0. The van der Waals surface area contributed by atoms with Gasteiger partial charge in [0.1, 0.15) is 19.0 Å². The van der Waals surface area contributed by atoms with E-state index >= 15 is 0 Å². The lowest BCUT2D eigenvalue weighted by Crippen LogP contribution is -2.11. The molecule has 1 rings (SSSR count). The molecule has 3 nitrogen and oxygen atoms in total. The fourth-order valence-electron chi connectivity index (χ4n) is 2.98. The van der Waals surface area contributed by atoms with E-state index in [1.165, 1.54) is 44.9 Å². The Balaban J connectivity index is 1.83. The fraction of sp³-hybridized carbons (Fsp3) is 0.577. The van der Waals surface area contributed by atoms with E-state index < -0.39 is 0 Å². The van der Waals surface area contributed by atoms with E-state index in [1.54, 1.807) is 0 Å². The Morgan fingerprint density at radius 2 is 1.45 bits per heavy atom. The molecule has 0 aromatic heterocycles. The second-order valence-electron chi connectivity index (χ2n) is 7.36. The normalized spacial score (nSPS) is 11.3. The maximum absolute atomic E-state index is 11.7. The molecular formula is C26H40O3. The van der Waals surface area contributed by atoms with Crippen molar-refractivity contribution in [3.8, 4) is 5.75 Å². The minimum atomic E-state index is -0.118. The molecule has 1 aromatic rings. The number of rotatable bonds is 18. The lowest BCUT2D eigenvalue weighted by molar-refractivity contribution is -0.144. The molecule has 0 radical (unpaired) electrons. The van der Waals surface area contributed by atoms with Gasteiger partial charge in [-0.1, -0.05) is 81.5 Å². The Kier molecular flexibility index (Phi) is 16.6. The van der Waals surface area contributed by atoms with Gasteiger partial charge < -0.3 is 9.47 Å². The van der Waals surface area contributed by atoms with Crippen LogP contribution in [0.25, 0.3) is 0 Å². The maximum atomic E-state index is 11.7. The molecule has 0 atom stereocenters. The number of carbonyl (C=O) groups is 1. The van der Waals surface area contributed by atoms with Gasteiger partial charge in [0.2, 0.25) is 0 Å². The van der Waals surface area contributed by atoms with Gasteiger partial charge in [-0.2, -0.15) is 0 Å². The van der Waals surface area contributed by atoms with Crippen LogP contribution in [-0.4, -0.2) is 19.2 Å². The van der Waals surface area contributed by atoms with Crippen LogP contribution in [0.1, 0.15) is 84.0 Å². The molecule has 0 aliphatic heterocycles. The van der Waals surface area contributed by atoms with Crippen LogP contribution in [0.3, 0.4) is 0 Å². The van der Waals surface area contributed by atoms with Gasteiger partial charge in [-0.05, 0) is 50.7 Å². The smallest absolute Gasteiger partial charge is 0.305 e. The highest BCUT2D eigenvalue weighted by Crippen LogP contribution is 2.10. The zero-order valence-corrected chi connectivity index (χ0v) is 18.3. The average molecular weight is 401 g/mol. The molecule has 0 bridgehead atoms. The van der Waals surface area contributed by atoms with E-state index in [1.807, 2.05) is 30.3 Å². The third-order valence-electron chi connectivity index (χ3n) is 4.69. The molecule has 0 spiro atoms. The van der Waals surface area contributed by atoms with Crippen LogP contribution in [0.5, 0.6) is 5.75 Å². The molecule has 0 saturated carbocycles. The van der Waals surface area contributed by atoms with Crippen LogP contribution < -0.4 is 4.74 Å². The second kappa shape index (κ2) is 19.3. The lowest BCUT2D eigenvalue weighted by Gasteiger charge is -2.07. The van der Waals surface area contributed by atoms with Gasteiger partial charge in [-0.25, -0.2) is 0 Å². The molecular weight excluding hydrogens is 360 g/mol. The molecule has 3 heteroatoms. The van der Waals surface area contributed by atoms with Crippen molar-refractivity contribution in [1.82, 2.24) is 0 Å². The third kappa shape index (κ3) is 16.6. The highest BCUT2D eigenvalue weighted by molar-refractivity contribution is 5.69. The van der Waals surface area contributed by atoms with Crippen molar-refractivity contribution in [2.24, 2.45) is 0 Å². The van der Waals surface area contributed by atoms with E-state index in [2.05, 4.69) is 31.2 Å². The van der Waals surface area contributed by atoms with Crippen LogP contribution in [-0.2, 0) is 9.53 Å². The molecule has 0 N–H and O–H groups in total. The SMILES string of the molecule is CCCCCC=CCC=CCCCCCCCC(=O)OCCOc1ccccc1. The summed E-state index contributed by atoms with van der Waals surface area (Å²) in [5.74, 6) is 0.685. The van der Waals surface area contributed by atoms with Gasteiger partial charge >= 0.3 is 5.97 Å².